The van der Waals surface area contributed by atoms with Gasteiger partial charge in [-0.1, -0.05) is 25.1 Å². The summed E-state index contributed by atoms with van der Waals surface area (Å²) < 4.78 is 32.1. The fourth-order valence-electron chi connectivity index (χ4n) is 1.47. The van der Waals surface area contributed by atoms with Crippen molar-refractivity contribution in [1.82, 2.24) is 10.0 Å². The van der Waals surface area contributed by atoms with Crippen LogP contribution in [0.2, 0.25) is 0 Å². The molecule has 1 aromatic rings. The van der Waals surface area contributed by atoms with E-state index in [0.717, 1.165) is 12.1 Å². The maximum atomic E-state index is 11.8. The van der Waals surface area contributed by atoms with Gasteiger partial charge >= 0.3 is 16.3 Å². The number of benzene rings is 1. The number of amides is 1. The van der Waals surface area contributed by atoms with Crippen molar-refractivity contribution < 1.29 is 17.9 Å². The summed E-state index contributed by atoms with van der Waals surface area (Å²) in [6.45, 7) is 4.93. The van der Waals surface area contributed by atoms with Crippen molar-refractivity contribution in [2.45, 2.75) is 20.4 Å². The summed E-state index contributed by atoms with van der Waals surface area (Å²) in [6, 6.07) is 6.93. The van der Waals surface area contributed by atoms with Crippen molar-refractivity contribution in [2.75, 3.05) is 17.9 Å². The van der Waals surface area contributed by atoms with Crippen molar-refractivity contribution in [3.05, 3.63) is 29.8 Å². The second kappa shape index (κ2) is 7.71. The topological polar surface area (TPSA) is 96.5 Å². The lowest BCUT2D eigenvalue weighted by Gasteiger charge is -2.13. The minimum atomic E-state index is -4.01. The lowest BCUT2D eigenvalue weighted by molar-refractivity contribution is 0.159. The van der Waals surface area contributed by atoms with Crippen molar-refractivity contribution in [3.8, 4) is 0 Å². The van der Waals surface area contributed by atoms with Gasteiger partial charge < -0.3 is 10.1 Å². The number of ether oxygens (including phenoxy) is 1. The molecule has 7 nitrogen and oxygen atoms in total. The van der Waals surface area contributed by atoms with Crippen LogP contribution < -0.4 is 14.8 Å². The van der Waals surface area contributed by atoms with E-state index in [0.29, 0.717) is 12.2 Å². The van der Waals surface area contributed by atoms with Crippen LogP contribution in [-0.4, -0.2) is 27.7 Å². The van der Waals surface area contributed by atoms with Gasteiger partial charge in [0.15, 0.2) is 0 Å². The molecule has 0 unspecified atom stereocenters. The molecule has 1 rings (SSSR count). The lowest BCUT2D eigenvalue weighted by Crippen LogP contribution is -2.36. The van der Waals surface area contributed by atoms with Gasteiger partial charge in [0, 0.05) is 6.54 Å². The van der Waals surface area contributed by atoms with Gasteiger partial charge in [0.1, 0.15) is 0 Å². The number of carbonyl (C=O) groups excluding carboxylic acids is 1. The fraction of sp³-hybridized carbons (Fsp3) is 0.417. The summed E-state index contributed by atoms with van der Waals surface area (Å²) in [6.07, 6.45) is -1.01. The smallest absolute Gasteiger partial charge is 0.422 e. The summed E-state index contributed by atoms with van der Waals surface area (Å²) in [5.74, 6) is 0. The molecule has 112 valence electrons. The number of para-hydroxylation sites is 1. The van der Waals surface area contributed by atoms with Gasteiger partial charge in [-0.3, -0.25) is 4.72 Å². The third-order valence-electron chi connectivity index (χ3n) is 2.32. The Morgan fingerprint density at radius 3 is 2.60 bits per heavy atom. The quantitative estimate of drug-likeness (QED) is 0.703. The highest BCUT2D eigenvalue weighted by molar-refractivity contribution is 7.91. The van der Waals surface area contributed by atoms with Gasteiger partial charge in [0.25, 0.3) is 0 Å². The molecule has 0 fully saturated rings. The van der Waals surface area contributed by atoms with E-state index in [1.54, 1.807) is 29.8 Å². The Morgan fingerprint density at radius 2 is 1.95 bits per heavy atom. The second-order valence-electron chi connectivity index (χ2n) is 3.87. The average molecular weight is 301 g/mol. The molecule has 0 aromatic heterocycles. The Morgan fingerprint density at radius 1 is 1.25 bits per heavy atom. The predicted molar refractivity (Wildman–Crippen MR) is 76.5 cm³/mol. The summed E-state index contributed by atoms with van der Waals surface area (Å²) in [7, 11) is -4.01. The minimum Gasteiger partial charge on any atom is -0.449 e. The lowest BCUT2D eigenvalue weighted by atomic mass is 10.2. The predicted octanol–water partition coefficient (Wildman–Crippen LogP) is 1.20. The van der Waals surface area contributed by atoms with E-state index in [-0.39, 0.29) is 6.61 Å². The van der Waals surface area contributed by atoms with Crippen LogP contribution >= 0.6 is 0 Å². The molecule has 0 aliphatic heterocycles. The van der Waals surface area contributed by atoms with Gasteiger partial charge in [-0.2, -0.15) is 8.42 Å². The normalized spacial score (nSPS) is 10.9. The van der Waals surface area contributed by atoms with Gasteiger partial charge in [0.2, 0.25) is 0 Å². The van der Waals surface area contributed by atoms with Crippen LogP contribution in [0.25, 0.3) is 0 Å². The van der Waals surface area contributed by atoms with Crippen molar-refractivity contribution in [3.63, 3.8) is 0 Å². The Labute approximate surface area is 118 Å². The van der Waals surface area contributed by atoms with Crippen LogP contribution in [0.15, 0.2) is 24.3 Å². The maximum Gasteiger partial charge on any atom is 0.422 e. The SMILES string of the molecule is CCNCc1ccccc1NS(=O)(=O)NC(=O)OCC. The molecule has 0 bridgehead atoms. The van der Waals surface area contributed by atoms with E-state index >= 15 is 0 Å². The van der Waals surface area contributed by atoms with E-state index in [1.807, 2.05) is 13.0 Å². The highest BCUT2D eigenvalue weighted by atomic mass is 32.2. The number of carbonyl (C=O) groups is 1. The molecule has 1 amide bonds. The van der Waals surface area contributed by atoms with Gasteiger partial charge in [-0.25, -0.2) is 9.52 Å². The molecule has 0 heterocycles. The fourth-order valence-corrected chi connectivity index (χ4v) is 2.29. The molecule has 3 N–H and O–H groups in total. The first-order valence-electron chi connectivity index (χ1n) is 6.24. The van der Waals surface area contributed by atoms with E-state index in [9.17, 15) is 13.2 Å². The second-order valence-corrected chi connectivity index (χ2v) is 5.28. The molecule has 0 aliphatic carbocycles. The molecular formula is C12H19N3O4S. The standard InChI is InChI=1S/C12H19N3O4S/c1-3-13-9-10-7-5-6-8-11(10)14-20(17,18)15-12(16)19-4-2/h5-8,13-14H,3-4,9H2,1-2H3,(H,15,16). The van der Waals surface area contributed by atoms with E-state index in [4.69, 9.17) is 0 Å². The molecule has 0 spiro atoms. The summed E-state index contributed by atoms with van der Waals surface area (Å²) in [5.41, 5.74) is 1.19. The Hall–Kier alpha value is -1.80. The molecule has 0 atom stereocenters. The van der Waals surface area contributed by atoms with Crippen LogP contribution in [0.4, 0.5) is 10.5 Å². The number of rotatable bonds is 7. The highest BCUT2D eigenvalue weighted by Crippen LogP contribution is 2.15. The number of hydrogen-bond donors (Lipinski definition) is 3. The minimum absolute atomic E-state index is 0.0956. The van der Waals surface area contributed by atoms with Crippen LogP contribution in [0.3, 0.4) is 0 Å². The largest absolute Gasteiger partial charge is 0.449 e. The molecule has 0 saturated carbocycles. The Balaban J connectivity index is 2.78. The van der Waals surface area contributed by atoms with Gasteiger partial charge in [0.05, 0.1) is 12.3 Å². The van der Waals surface area contributed by atoms with E-state index in [2.05, 4.69) is 14.8 Å². The van der Waals surface area contributed by atoms with Crippen LogP contribution in [0.5, 0.6) is 0 Å². The maximum absolute atomic E-state index is 11.8. The van der Waals surface area contributed by atoms with E-state index in [1.165, 1.54) is 0 Å². The first-order valence-corrected chi connectivity index (χ1v) is 7.72. The number of nitrogens with one attached hydrogen (secondary N) is 3. The first kappa shape index (κ1) is 16.3. The first-order chi connectivity index (χ1) is 9.48. The third kappa shape index (κ3) is 5.45. The van der Waals surface area contributed by atoms with Crippen LogP contribution in [-0.2, 0) is 21.5 Å². The molecule has 1 aromatic carbocycles. The zero-order valence-corrected chi connectivity index (χ0v) is 12.3. The van der Waals surface area contributed by atoms with Crippen LogP contribution in [0.1, 0.15) is 19.4 Å². The van der Waals surface area contributed by atoms with Gasteiger partial charge in [-0.05, 0) is 25.1 Å². The summed E-state index contributed by atoms with van der Waals surface area (Å²) >= 11 is 0. The molecule has 20 heavy (non-hydrogen) atoms. The van der Waals surface area contributed by atoms with E-state index < -0.39 is 16.3 Å². The molecule has 0 radical (unpaired) electrons. The Kier molecular flexibility index (Phi) is 6.26. The van der Waals surface area contributed by atoms with Crippen LogP contribution in [0, 0.1) is 0 Å². The zero-order valence-electron chi connectivity index (χ0n) is 11.5. The summed E-state index contributed by atoms with van der Waals surface area (Å²) in [4.78, 5) is 11.1. The highest BCUT2D eigenvalue weighted by Gasteiger charge is 2.16. The van der Waals surface area contributed by atoms with Crippen molar-refractivity contribution in [1.29, 1.82) is 0 Å². The summed E-state index contributed by atoms with van der Waals surface area (Å²) in [5, 5.41) is 3.10. The molecule has 8 heteroatoms. The van der Waals surface area contributed by atoms with Gasteiger partial charge in [-0.15, -0.1) is 0 Å². The number of anilines is 1. The molecule has 0 aliphatic rings. The Bertz CT molecular complexity index is 545. The number of hydrogen-bond acceptors (Lipinski definition) is 5. The average Bonchev–Trinajstić information content (AvgIpc) is 2.36. The molecule has 0 saturated heterocycles. The molecular weight excluding hydrogens is 282 g/mol. The van der Waals surface area contributed by atoms with Crippen molar-refractivity contribution >= 4 is 22.0 Å². The zero-order chi connectivity index (χ0) is 15.0. The third-order valence-corrected chi connectivity index (χ3v) is 3.24. The van der Waals surface area contributed by atoms with Crippen molar-refractivity contribution in [2.24, 2.45) is 0 Å². The monoisotopic (exact) mass is 301 g/mol.